The van der Waals surface area contributed by atoms with Crippen molar-refractivity contribution in [1.82, 2.24) is 0 Å². The van der Waals surface area contributed by atoms with Crippen LogP contribution < -0.4 is 9.64 Å². The van der Waals surface area contributed by atoms with Gasteiger partial charge >= 0.3 is 0 Å². The Morgan fingerprint density at radius 2 is 1.68 bits per heavy atom. The van der Waals surface area contributed by atoms with Crippen molar-refractivity contribution in [1.29, 1.82) is 0 Å². The van der Waals surface area contributed by atoms with Crippen LogP contribution in [0, 0.1) is 0 Å². The first-order valence-corrected chi connectivity index (χ1v) is 7.97. The molecule has 2 aromatic carbocycles. The van der Waals surface area contributed by atoms with Crippen LogP contribution in [0.5, 0.6) is 5.75 Å². The smallest absolute Gasteiger partial charge is 0.119 e. The van der Waals surface area contributed by atoms with Gasteiger partial charge in [0.25, 0.3) is 0 Å². The standard InChI is InChI=1S/C19H22N2O/c1-2-22-19-11-7-17(8-12-19)20-15-16-5-9-18(10-6-16)21-13-3-4-14-21/h5-12,15H,2-4,13-14H2,1H3. The summed E-state index contributed by atoms with van der Waals surface area (Å²) >= 11 is 0. The van der Waals surface area contributed by atoms with Crippen LogP contribution in [0.2, 0.25) is 0 Å². The second-order valence-electron chi connectivity index (χ2n) is 5.47. The fourth-order valence-corrected chi connectivity index (χ4v) is 2.69. The number of rotatable bonds is 5. The highest BCUT2D eigenvalue weighted by molar-refractivity contribution is 5.82. The van der Waals surface area contributed by atoms with E-state index in [0.29, 0.717) is 6.61 Å². The van der Waals surface area contributed by atoms with E-state index in [-0.39, 0.29) is 0 Å². The molecule has 0 amide bonds. The van der Waals surface area contributed by atoms with Gasteiger partial charge in [-0.2, -0.15) is 0 Å². The summed E-state index contributed by atoms with van der Waals surface area (Å²) in [5, 5.41) is 0. The molecule has 3 nitrogen and oxygen atoms in total. The highest BCUT2D eigenvalue weighted by Gasteiger charge is 2.11. The topological polar surface area (TPSA) is 24.8 Å². The predicted molar refractivity (Wildman–Crippen MR) is 92.8 cm³/mol. The Bertz CT molecular complexity index is 611. The van der Waals surface area contributed by atoms with Gasteiger partial charge in [-0.15, -0.1) is 0 Å². The van der Waals surface area contributed by atoms with Crippen molar-refractivity contribution in [3.05, 3.63) is 54.1 Å². The van der Waals surface area contributed by atoms with Crippen LogP contribution in [0.25, 0.3) is 0 Å². The Hall–Kier alpha value is -2.29. The number of nitrogens with zero attached hydrogens (tertiary/aromatic N) is 2. The molecule has 0 aromatic heterocycles. The molecule has 3 heteroatoms. The van der Waals surface area contributed by atoms with Gasteiger partial charge in [0.05, 0.1) is 12.3 Å². The molecule has 114 valence electrons. The average molecular weight is 294 g/mol. The Labute approximate surface area is 132 Å². The van der Waals surface area contributed by atoms with Crippen LogP contribution >= 0.6 is 0 Å². The lowest BCUT2D eigenvalue weighted by atomic mass is 10.2. The van der Waals surface area contributed by atoms with Gasteiger partial charge < -0.3 is 9.64 Å². The molecule has 1 saturated heterocycles. The van der Waals surface area contributed by atoms with Gasteiger partial charge in [0, 0.05) is 25.0 Å². The fraction of sp³-hybridized carbons (Fsp3) is 0.316. The van der Waals surface area contributed by atoms with Crippen LogP contribution in [0.4, 0.5) is 11.4 Å². The van der Waals surface area contributed by atoms with E-state index in [4.69, 9.17) is 4.74 Å². The number of hydrogen-bond donors (Lipinski definition) is 0. The minimum atomic E-state index is 0.686. The van der Waals surface area contributed by atoms with Crippen molar-refractivity contribution in [3.63, 3.8) is 0 Å². The molecule has 0 N–H and O–H groups in total. The molecule has 2 aromatic rings. The zero-order valence-electron chi connectivity index (χ0n) is 13.0. The minimum Gasteiger partial charge on any atom is -0.494 e. The van der Waals surface area contributed by atoms with Crippen molar-refractivity contribution >= 4 is 17.6 Å². The van der Waals surface area contributed by atoms with Crippen LogP contribution in [-0.4, -0.2) is 25.9 Å². The molecule has 0 aliphatic carbocycles. The van der Waals surface area contributed by atoms with Crippen molar-refractivity contribution in [2.24, 2.45) is 4.99 Å². The van der Waals surface area contributed by atoms with E-state index in [1.807, 2.05) is 37.4 Å². The Kier molecular flexibility index (Phi) is 4.74. The third-order valence-electron chi connectivity index (χ3n) is 3.87. The van der Waals surface area contributed by atoms with Gasteiger partial charge in [-0.25, -0.2) is 0 Å². The first kappa shape index (κ1) is 14.6. The largest absolute Gasteiger partial charge is 0.494 e. The lowest BCUT2D eigenvalue weighted by Gasteiger charge is -2.17. The fourth-order valence-electron chi connectivity index (χ4n) is 2.69. The summed E-state index contributed by atoms with van der Waals surface area (Å²) in [5.74, 6) is 0.886. The first-order valence-electron chi connectivity index (χ1n) is 7.97. The van der Waals surface area contributed by atoms with Crippen molar-refractivity contribution in [3.8, 4) is 5.75 Å². The summed E-state index contributed by atoms with van der Waals surface area (Å²) < 4.78 is 5.43. The molecule has 0 saturated carbocycles. The van der Waals surface area contributed by atoms with E-state index < -0.39 is 0 Å². The summed E-state index contributed by atoms with van der Waals surface area (Å²) in [5.41, 5.74) is 3.37. The summed E-state index contributed by atoms with van der Waals surface area (Å²) in [6.45, 7) is 5.03. The monoisotopic (exact) mass is 294 g/mol. The van der Waals surface area contributed by atoms with Crippen molar-refractivity contribution < 1.29 is 4.74 Å². The molecule has 0 atom stereocenters. The normalized spacial score (nSPS) is 14.7. The van der Waals surface area contributed by atoms with Gasteiger partial charge in [0.1, 0.15) is 5.75 Å². The lowest BCUT2D eigenvalue weighted by Crippen LogP contribution is -2.17. The average Bonchev–Trinajstić information content (AvgIpc) is 3.09. The maximum absolute atomic E-state index is 5.43. The second-order valence-corrected chi connectivity index (χ2v) is 5.47. The van der Waals surface area contributed by atoms with Crippen molar-refractivity contribution in [2.45, 2.75) is 19.8 Å². The Morgan fingerprint density at radius 1 is 1.00 bits per heavy atom. The summed E-state index contributed by atoms with van der Waals surface area (Å²) in [6, 6.07) is 16.5. The van der Waals surface area contributed by atoms with Crippen LogP contribution in [0.15, 0.2) is 53.5 Å². The summed E-state index contributed by atoms with van der Waals surface area (Å²) in [4.78, 5) is 6.95. The van der Waals surface area contributed by atoms with Gasteiger partial charge in [0.15, 0.2) is 0 Å². The van der Waals surface area contributed by atoms with Gasteiger partial charge in [-0.3, -0.25) is 4.99 Å². The van der Waals surface area contributed by atoms with Gasteiger partial charge in [-0.1, -0.05) is 12.1 Å². The van der Waals surface area contributed by atoms with Crippen LogP contribution in [0.1, 0.15) is 25.3 Å². The molecule has 1 aliphatic heterocycles. The zero-order valence-corrected chi connectivity index (χ0v) is 13.0. The van der Waals surface area contributed by atoms with E-state index in [2.05, 4.69) is 34.2 Å². The highest BCUT2D eigenvalue weighted by Crippen LogP contribution is 2.21. The highest BCUT2D eigenvalue weighted by atomic mass is 16.5. The van der Waals surface area contributed by atoms with Crippen molar-refractivity contribution in [2.75, 3.05) is 24.6 Å². The maximum atomic E-state index is 5.43. The molecule has 0 spiro atoms. The molecule has 1 aliphatic rings. The van der Waals surface area contributed by atoms with Gasteiger partial charge in [0.2, 0.25) is 0 Å². The van der Waals surface area contributed by atoms with E-state index in [9.17, 15) is 0 Å². The van der Waals surface area contributed by atoms with Crippen LogP contribution in [0.3, 0.4) is 0 Å². The lowest BCUT2D eigenvalue weighted by molar-refractivity contribution is 0.340. The number of hydrogen-bond acceptors (Lipinski definition) is 3. The number of benzene rings is 2. The van der Waals surface area contributed by atoms with Gasteiger partial charge in [-0.05, 0) is 61.7 Å². The SMILES string of the molecule is CCOc1ccc(N=Cc2ccc(N3CCCC3)cc2)cc1. The minimum absolute atomic E-state index is 0.686. The quantitative estimate of drug-likeness (QED) is 0.762. The van der Waals surface area contributed by atoms with E-state index >= 15 is 0 Å². The number of anilines is 1. The van der Waals surface area contributed by atoms with E-state index in [1.165, 1.54) is 31.6 Å². The molecule has 1 heterocycles. The zero-order chi connectivity index (χ0) is 15.2. The van der Waals surface area contributed by atoms with E-state index in [1.54, 1.807) is 0 Å². The molecule has 0 unspecified atom stereocenters. The Morgan fingerprint density at radius 3 is 2.32 bits per heavy atom. The molecule has 0 bridgehead atoms. The molecule has 3 rings (SSSR count). The molecule has 22 heavy (non-hydrogen) atoms. The summed E-state index contributed by atoms with van der Waals surface area (Å²) in [6.07, 6.45) is 4.52. The Balaban J connectivity index is 1.64. The third kappa shape index (κ3) is 3.67. The van der Waals surface area contributed by atoms with E-state index in [0.717, 1.165) is 17.0 Å². The third-order valence-corrected chi connectivity index (χ3v) is 3.87. The number of ether oxygens (including phenoxy) is 1. The molecule has 1 fully saturated rings. The molecule has 0 radical (unpaired) electrons. The van der Waals surface area contributed by atoms with Crippen LogP contribution in [-0.2, 0) is 0 Å². The predicted octanol–water partition coefficient (Wildman–Crippen LogP) is 4.44. The second kappa shape index (κ2) is 7.12. The maximum Gasteiger partial charge on any atom is 0.119 e. The number of aliphatic imine (C=N–C) groups is 1. The molecular weight excluding hydrogens is 272 g/mol. The summed E-state index contributed by atoms with van der Waals surface area (Å²) in [7, 11) is 0. The first-order chi connectivity index (χ1) is 10.8. The molecular formula is C19H22N2O.